The molecule has 0 heterocycles. The van der Waals surface area contributed by atoms with Crippen LogP contribution in [0.25, 0.3) is 0 Å². The molecule has 2 rings (SSSR count). The molecular weight excluding hydrogens is 396 g/mol. The summed E-state index contributed by atoms with van der Waals surface area (Å²) >= 11 is 11.4. The Balaban J connectivity index is 1.98. The fourth-order valence-corrected chi connectivity index (χ4v) is 2.46. The van der Waals surface area contributed by atoms with Crippen molar-refractivity contribution in [3.05, 3.63) is 63.4 Å². The van der Waals surface area contributed by atoms with Crippen LogP contribution in [-0.2, 0) is 9.53 Å². The van der Waals surface area contributed by atoms with Crippen LogP contribution in [0.3, 0.4) is 0 Å². The van der Waals surface area contributed by atoms with Crippen molar-refractivity contribution >= 4 is 46.5 Å². The number of ether oxygens (including phenoxy) is 1. The summed E-state index contributed by atoms with van der Waals surface area (Å²) in [6.45, 7) is 2.98. The maximum absolute atomic E-state index is 13.5. The highest BCUT2D eigenvalue weighted by Gasteiger charge is 2.17. The minimum atomic E-state index is -0.940. The van der Waals surface area contributed by atoms with Crippen molar-refractivity contribution in [2.75, 3.05) is 11.9 Å². The molecule has 5 nitrogen and oxygen atoms in total. The number of hydrogen-bond donors (Lipinski definition) is 1. The van der Waals surface area contributed by atoms with Crippen LogP contribution < -0.4 is 5.32 Å². The lowest BCUT2D eigenvalue weighted by Gasteiger charge is -2.09. The summed E-state index contributed by atoms with van der Waals surface area (Å²) in [5.41, 5.74) is 0.613. The smallest absolute Gasteiger partial charge is 0.340 e. The average molecular weight is 412 g/mol. The SMILES string of the molecule is CC(C)C(=O)Nc1ccc(C(=O)COC(=O)c2cc(F)c(Cl)cc2Cl)cc1. The van der Waals surface area contributed by atoms with E-state index in [-0.39, 0.29) is 27.4 Å². The quantitative estimate of drug-likeness (QED) is 0.422. The lowest BCUT2D eigenvalue weighted by molar-refractivity contribution is -0.118. The molecule has 0 aliphatic rings. The van der Waals surface area contributed by atoms with Gasteiger partial charge in [0.25, 0.3) is 0 Å². The van der Waals surface area contributed by atoms with Crippen LogP contribution >= 0.6 is 23.2 Å². The van der Waals surface area contributed by atoms with E-state index in [1.54, 1.807) is 26.0 Å². The predicted molar refractivity (Wildman–Crippen MR) is 101 cm³/mol. The highest BCUT2D eigenvalue weighted by molar-refractivity contribution is 6.36. The second-order valence-electron chi connectivity index (χ2n) is 5.97. The second-order valence-corrected chi connectivity index (χ2v) is 6.78. The molecule has 2 aromatic rings. The zero-order chi connectivity index (χ0) is 20.1. The molecule has 27 heavy (non-hydrogen) atoms. The molecule has 0 atom stereocenters. The monoisotopic (exact) mass is 411 g/mol. The Bertz CT molecular complexity index is 882. The molecule has 8 heteroatoms. The maximum Gasteiger partial charge on any atom is 0.340 e. The molecule has 0 saturated heterocycles. The van der Waals surface area contributed by atoms with E-state index in [2.05, 4.69) is 5.32 Å². The second kappa shape index (κ2) is 8.97. The van der Waals surface area contributed by atoms with Crippen LogP contribution in [0.15, 0.2) is 36.4 Å². The van der Waals surface area contributed by atoms with Gasteiger partial charge in [-0.15, -0.1) is 0 Å². The molecule has 0 aliphatic heterocycles. The van der Waals surface area contributed by atoms with Crippen LogP contribution in [-0.4, -0.2) is 24.3 Å². The summed E-state index contributed by atoms with van der Waals surface area (Å²) in [6, 6.07) is 8.08. The first-order valence-corrected chi connectivity index (χ1v) is 8.70. The van der Waals surface area contributed by atoms with Crippen molar-refractivity contribution in [3.8, 4) is 0 Å². The molecule has 1 amide bonds. The van der Waals surface area contributed by atoms with Gasteiger partial charge in [-0.2, -0.15) is 0 Å². The molecule has 0 aliphatic carbocycles. The molecular formula is C19H16Cl2FNO4. The van der Waals surface area contributed by atoms with E-state index in [0.29, 0.717) is 11.3 Å². The highest BCUT2D eigenvalue weighted by atomic mass is 35.5. The van der Waals surface area contributed by atoms with Gasteiger partial charge in [0.2, 0.25) is 5.91 Å². The minimum absolute atomic E-state index is 0.0795. The van der Waals surface area contributed by atoms with E-state index in [1.165, 1.54) is 12.1 Å². The maximum atomic E-state index is 13.5. The topological polar surface area (TPSA) is 72.5 Å². The number of benzene rings is 2. The van der Waals surface area contributed by atoms with Crippen LogP contribution in [0.1, 0.15) is 34.6 Å². The number of esters is 1. The number of anilines is 1. The predicted octanol–water partition coefficient (Wildman–Crippen LogP) is 4.77. The Morgan fingerprint density at radius 3 is 2.30 bits per heavy atom. The van der Waals surface area contributed by atoms with Crippen molar-refractivity contribution in [3.63, 3.8) is 0 Å². The van der Waals surface area contributed by atoms with Crippen molar-refractivity contribution in [2.24, 2.45) is 5.92 Å². The van der Waals surface area contributed by atoms with E-state index in [0.717, 1.165) is 12.1 Å². The summed E-state index contributed by atoms with van der Waals surface area (Å²) in [5.74, 6) is -2.54. The normalized spacial score (nSPS) is 10.6. The van der Waals surface area contributed by atoms with Crippen molar-refractivity contribution in [1.82, 2.24) is 0 Å². The van der Waals surface area contributed by atoms with Gasteiger partial charge in [-0.1, -0.05) is 37.0 Å². The van der Waals surface area contributed by atoms with E-state index in [4.69, 9.17) is 27.9 Å². The summed E-state index contributed by atoms with van der Waals surface area (Å²) in [7, 11) is 0. The van der Waals surface area contributed by atoms with E-state index in [9.17, 15) is 18.8 Å². The zero-order valence-electron chi connectivity index (χ0n) is 14.5. The molecule has 0 fully saturated rings. The summed E-state index contributed by atoms with van der Waals surface area (Å²) in [6.07, 6.45) is 0. The van der Waals surface area contributed by atoms with Crippen LogP contribution in [0, 0.1) is 11.7 Å². The van der Waals surface area contributed by atoms with Gasteiger partial charge in [0.1, 0.15) is 5.82 Å². The minimum Gasteiger partial charge on any atom is -0.454 e. The number of rotatable bonds is 6. The number of halogens is 3. The zero-order valence-corrected chi connectivity index (χ0v) is 16.0. The molecule has 0 unspecified atom stereocenters. The van der Waals surface area contributed by atoms with Crippen molar-refractivity contribution in [2.45, 2.75) is 13.8 Å². The van der Waals surface area contributed by atoms with Gasteiger partial charge in [0.15, 0.2) is 12.4 Å². The Morgan fingerprint density at radius 2 is 1.70 bits per heavy atom. The van der Waals surface area contributed by atoms with Gasteiger partial charge < -0.3 is 10.1 Å². The lowest BCUT2D eigenvalue weighted by atomic mass is 10.1. The van der Waals surface area contributed by atoms with Crippen LogP contribution in [0.4, 0.5) is 10.1 Å². The van der Waals surface area contributed by atoms with Crippen LogP contribution in [0.2, 0.25) is 10.0 Å². The first-order chi connectivity index (χ1) is 12.7. The van der Waals surface area contributed by atoms with E-state index in [1.807, 2.05) is 0 Å². The molecule has 0 radical (unpaired) electrons. The van der Waals surface area contributed by atoms with Crippen molar-refractivity contribution in [1.29, 1.82) is 0 Å². The van der Waals surface area contributed by atoms with Gasteiger partial charge in [-0.25, -0.2) is 9.18 Å². The number of hydrogen-bond acceptors (Lipinski definition) is 4. The third-order valence-corrected chi connectivity index (χ3v) is 4.17. The first kappa shape index (κ1) is 20.9. The van der Waals surface area contributed by atoms with E-state index < -0.39 is 24.2 Å². The molecule has 0 saturated carbocycles. The third-order valence-electron chi connectivity index (χ3n) is 3.56. The van der Waals surface area contributed by atoms with Crippen LogP contribution in [0.5, 0.6) is 0 Å². The Kier molecular flexibility index (Phi) is 6.93. The van der Waals surface area contributed by atoms with E-state index >= 15 is 0 Å². The summed E-state index contributed by atoms with van der Waals surface area (Å²) in [5, 5.41) is 2.39. The Morgan fingerprint density at radius 1 is 1.07 bits per heavy atom. The molecule has 2 aromatic carbocycles. The van der Waals surface area contributed by atoms with Gasteiger partial charge in [0, 0.05) is 17.2 Å². The Labute approximate surface area is 165 Å². The molecule has 1 N–H and O–H groups in total. The fourth-order valence-electron chi connectivity index (χ4n) is 2.00. The van der Waals surface area contributed by atoms with Gasteiger partial charge >= 0.3 is 5.97 Å². The summed E-state index contributed by atoms with van der Waals surface area (Å²) in [4.78, 5) is 35.8. The Hall–Kier alpha value is -2.44. The van der Waals surface area contributed by atoms with Gasteiger partial charge in [-0.05, 0) is 36.4 Å². The molecule has 142 valence electrons. The third kappa shape index (κ3) is 5.52. The molecule has 0 spiro atoms. The highest BCUT2D eigenvalue weighted by Crippen LogP contribution is 2.25. The number of carbonyl (C=O) groups excluding carboxylic acids is 3. The standard InChI is InChI=1S/C19H16Cl2FNO4/c1-10(2)18(25)23-12-5-3-11(4-6-12)17(24)9-27-19(26)13-7-16(22)15(21)8-14(13)20/h3-8,10H,9H2,1-2H3,(H,23,25). The molecule has 0 bridgehead atoms. The number of nitrogens with one attached hydrogen (secondary N) is 1. The molecule has 0 aromatic heterocycles. The summed E-state index contributed by atoms with van der Waals surface area (Å²) < 4.78 is 18.4. The lowest BCUT2D eigenvalue weighted by Crippen LogP contribution is -2.18. The van der Waals surface area contributed by atoms with Crippen molar-refractivity contribution < 1.29 is 23.5 Å². The average Bonchev–Trinajstić information content (AvgIpc) is 2.62. The van der Waals surface area contributed by atoms with Gasteiger partial charge in [0.05, 0.1) is 15.6 Å². The number of ketones is 1. The number of carbonyl (C=O) groups is 3. The van der Waals surface area contributed by atoms with Gasteiger partial charge in [-0.3, -0.25) is 9.59 Å². The number of Topliss-reactive ketones (excluding diaryl/α,β-unsaturated/α-hetero) is 1. The largest absolute Gasteiger partial charge is 0.454 e. The fraction of sp³-hybridized carbons (Fsp3) is 0.211. The first-order valence-electron chi connectivity index (χ1n) is 7.95. The number of amides is 1.